The summed E-state index contributed by atoms with van der Waals surface area (Å²) in [6.45, 7) is 4.45. The number of unbranched alkanes of at least 4 members (excludes halogenated alkanes) is 2. The Bertz CT molecular complexity index is 94.1. The van der Waals surface area contributed by atoms with Crippen molar-refractivity contribution in [3.8, 4) is 0 Å². The normalized spacial score (nSPS) is 8.55. The molecule has 0 aliphatic carbocycles. The molecule has 3 heteroatoms. The van der Waals surface area contributed by atoms with Crippen LogP contribution in [0.15, 0.2) is 0 Å². The smallest absolute Gasteiger partial charge is 0.305 e. The molecule has 0 aromatic heterocycles. The fourth-order valence-electron chi connectivity index (χ4n) is 0.752. The Morgan fingerprint density at radius 2 is 1.91 bits per heavy atom. The van der Waals surface area contributed by atoms with Crippen LogP contribution in [0.2, 0.25) is 0 Å². The summed E-state index contributed by atoms with van der Waals surface area (Å²) in [5, 5.41) is 0. The molecule has 0 amide bonds. The van der Waals surface area contributed by atoms with E-state index in [2.05, 4.69) is 6.92 Å². The molecule has 0 aromatic carbocycles. The van der Waals surface area contributed by atoms with Crippen LogP contribution in [0.25, 0.3) is 0 Å². The molecular weight excluding hydrogens is 168 g/mol. The summed E-state index contributed by atoms with van der Waals surface area (Å²) in [4.78, 5) is 10.7. The monoisotopic (exact) mass is 184 g/mol. The molecule has 0 saturated carbocycles. The van der Waals surface area contributed by atoms with Gasteiger partial charge in [-0.25, -0.2) is 0 Å². The summed E-state index contributed by atoms with van der Waals surface area (Å²) in [7, 11) is 0. The van der Waals surface area contributed by atoms with Crippen LogP contribution in [-0.2, 0) is 9.53 Å². The fourth-order valence-corrected chi connectivity index (χ4v) is 0.752. The first-order chi connectivity index (χ1) is 4.81. The number of esters is 1. The molecule has 0 atom stereocenters. The van der Waals surface area contributed by atoms with Crippen LogP contribution >= 0.6 is 0 Å². The number of rotatable bonds is 5. The minimum absolute atomic E-state index is 0. The maximum Gasteiger partial charge on any atom is 0.305 e. The molecule has 0 bridgehead atoms. The van der Waals surface area contributed by atoms with Gasteiger partial charge in [0, 0.05) is 44.2 Å². The first-order valence-corrected chi connectivity index (χ1v) is 3.96. The third-order valence-corrected chi connectivity index (χ3v) is 1.29. The Balaban J connectivity index is 0. The van der Waals surface area contributed by atoms with Gasteiger partial charge < -0.3 is 4.74 Å². The van der Waals surface area contributed by atoms with Gasteiger partial charge in [-0.15, -0.1) is 0 Å². The van der Waals surface area contributed by atoms with Gasteiger partial charge in [0.15, 0.2) is 0 Å². The van der Waals surface area contributed by atoms with Crippen LogP contribution in [0, 0.1) is 0 Å². The van der Waals surface area contributed by atoms with Gasteiger partial charge >= 0.3 is 5.97 Å². The zero-order valence-corrected chi connectivity index (χ0v) is 9.77. The second kappa shape index (κ2) is 10.7. The molecule has 2 radical (unpaired) electrons. The molecule has 0 aromatic rings. The Morgan fingerprint density at radius 3 is 2.36 bits per heavy atom. The van der Waals surface area contributed by atoms with Gasteiger partial charge in [-0.3, -0.25) is 4.79 Å². The van der Waals surface area contributed by atoms with Crippen molar-refractivity contribution in [3.05, 3.63) is 0 Å². The van der Waals surface area contributed by atoms with Crippen molar-refractivity contribution >= 4 is 43.7 Å². The second-order valence-electron chi connectivity index (χ2n) is 2.26. The van der Waals surface area contributed by atoms with E-state index >= 15 is 0 Å². The van der Waals surface area contributed by atoms with Crippen LogP contribution in [0.1, 0.15) is 39.5 Å². The predicted octanol–water partition coefficient (Wildman–Crippen LogP) is 1.75. The standard InChI is InChI=1S/C8H16O2.Ca/c1-3-5-6-7-8(9)10-4-2;/h3-7H2,1-2H3;. The van der Waals surface area contributed by atoms with E-state index in [4.69, 9.17) is 4.74 Å². The van der Waals surface area contributed by atoms with E-state index in [9.17, 15) is 4.79 Å². The summed E-state index contributed by atoms with van der Waals surface area (Å²) in [5.74, 6) is -0.0593. The minimum atomic E-state index is -0.0593. The largest absolute Gasteiger partial charge is 0.466 e. The third kappa shape index (κ3) is 10.7. The third-order valence-electron chi connectivity index (χ3n) is 1.29. The van der Waals surface area contributed by atoms with Crippen molar-refractivity contribution in [2.75, 3.05) is 6.61 Å². The van der Waals surface area contributed by atoms with Crippen molar-refractivity contribution in [3.63, 3.8) is 0 Å². The summed E-state index contributed by atoms with van der Waals surface area (Å²) in [6.07, 6.45) is 3.83. The fraction of sp³-hybridized carbons (Fsp3) is 0.875. The number of carbonyl (C=O) groups is 1. The van der Waals surface area contributed by atoms with E-state index in [0.29, 0.717) is 13.0 Å². The van der Waals surface area contributed by atoms with Crippen molar-refractivity contribution in [1.82, 2.24) is 0 Å². The van der Waals surface area contributed by atoms with E-state index in [1.54, 1.807) is 0 Å². The zero-order chi connectivity index (χ0) is 7.82. The first-order valence-electron chi connectivity index (χ1n) is 3.96. The van der Waals surface area contributed by atoms with Gasteiger partial charge in [0.05, 0.1) is 6.61 Å². The number of carbonyl (C=O) groups excluding carboxylic acids is 1. The Kier molecular flexibility index (Phi) is 13.9. The van der Waals surface area contributed by atoms with Crippen LogP contribution in [-0.4, -0.2) is 50.3 Å². The molecule has 0 rings (SSSR count). The molecule has 0 spiro atoms. The second-order valence-corrected chi connectivity index (χ2v) is 2.26. The van der Waals surface area contributed by atoms with Gasteiger partial charge in [-0.2, -0.15) is 0 Å². The SMILES string of the molecule is CCCCCC(=O)OCC.[Ca]. The van der Waals surface area contributed by atoms with Gasteiger partial charge in [0.25, 0.3) is 0 Å². The first kappa shape index (κ1) is 14.3. The van der Waals surface area contributed by atoms with Crippen LogP contribution in [0.4, 0.5) is 0 Å². The van der Waals surface area contributed by atoms with Gasteiger partial charge in [0.2, 0.25) is 0 Å². The molecule has 0 unspecified atom stereocenters. The Labute approximate surface area is 98.7 Å². The molecule has 0 fully saturated rings. The average Bonchev–Trinajstić information content (AvgIpc) is 1.89. The zero-order valence-electron chi connectivity index (χ0n) is 7.56. The maximum absolute atomic E-state index is 10.7. The minimum Gasteiger partial charge on any atom is -0.466 e. The Hall–Kier alpha value is 0.730. The summed E-state index contributed by atoms with van der Waals surface area (Å²) >= 11 is 0. The molecule has 0 heterocycles. The number of hydrogen-bond acceptors (Lipinski definition) is 2. The van der Waals surface area contributed by atoms with Gasteiger partial charge in [-0.1, -0.05) is 19.8 Å². The van der Waals surface area contributed by atoms with E-state index in [0.717, 1.165) is 19.3 Å². The van der Waals surface area contributed by atoms with Crippen molar-refractivity contribution in [2.24, 2.45) is 0 Å². The molecule has 0 aliphatic heterocycles. The van der Waals surface area contributed by atoms with Crippen molar-refractivity contribution in [2.45, 2.75) is 39.5 Å². The topological polar surface area (TPSA) is 26.3 Å². The van der Waals surface area contributed by atoms with Gasteiger partial charge in [0.1, 0.15) is 0 Å². The van der Waals surface area contributed by atoms with E-state index in [-0.39, 0.29) is 43.7 Å². The van der Waals surface area contributed by atoms with Crippen molar-refractivity contribution < 1.29 is 9.53 Å². The average molecular weight is 184 g/mol. The van der Waals surface area contributed by atoms with E-state index in [1.807, 2.05) is 6.92 Å². The molecule has 62 valence electrons. The van der Waals surface area contributed by atoms with Crippen LogP contribution < -0.4 is 0 Å². The summed E-state index contributed by atoms with van der Waals surface area (Å²) in [5.41, 5.74) is 0. The van der Waals surface area contributed by atoms with Crippen LogP contribution in [0.5, 0.6) is 0 Å². The molecule has 0 N–H and O–H groups in total. The molecule has 2 nitrogen and oxygen atoms in total. The molecule has 0 aliphatic rings. The summed E-state index contributed by atoms with van der Waals surface area (Å²) < 4.78 is 4.75. The maximum atomic E-state index is 10.7. The summed E-state index contributed by atoms with van der Waals surface area (Å²) in [6, 6.07) is 0. The molecular formula is C8H16CaO2. The molecule has 11 heavy (non-hydrogen) atoms. The van der Waals surface area contributed by atoms with E-state index in [1.165, 1.54) is 0 Å². The van der Waals surface area contributed by atoms with E-state index < -0.39 is 0 Å². The van der Waals surface area contributed by atoms with Crippen molar-refractivity contribution in [1.29, 1.82) is 0 Å². The van der Waals surface area contributed by atoms with Gasteiger partial charge in [-0.05, 0) is 13.3 Å². The molecule has 0 saturated heterocycles. The number of ether oxygens (including phenoxy) is 1. The Morgan fingerprint density at radius 1 is 1.27 bits per heavy atom. The number of hydrogen-bond donors (Lipinski definition) is 0. The predicted molar refractivity (Wildman–Crippen MR) is 46.5 cm³/mol. The van der Waals surface area contributed by atoms with Crippen LogP contribution in [0.3, 0.4) is 0 Å². The quantitative estimate of drug-likeness (QED) is 0.369.